The molecule has 0 aliphatic carbocycles. The summed E-state index contributed by atoms with van der Waals surface area (Å²) in [5.41, 5.74) is 0.723. The lowest BCUT2D eigenvalue weighted by molar-refractivity contribution is 0.0780. The molecule has 1 aliphatic heterocycles. The molecule has 1 saturated heterocycles. The first-order valence-electron chi connectivity index (χ1n) is 6.31. The van der Waals surface area contributed by atoms with Crippen LogP contribution in [0.5, 0.6) is 0 Å². The summed E-state index contributed by atoms with van der Waals surface area (Å²) in [6.45, 7) is 3.82. The third-order valence-corrected chi connectivity index (χ3v) is 4.87. The predicted molar refractivity (Wildman–Crippen MR) is 84.4 cm³/mol. The molecular weight excluding hydrogens is 372 g/mol. The van der Waals surface area contributed by atoms with Gasteiger partial charge in [-0.3, -0.25) is 4.79 Å². The van der Waals surface area contributed by atoms with Crippen molar-refractivity contribution in [3.8, 4) is 0 Å². The van der Waals surface area contributed by atoms with Crippen LogP contribution in [0.2, 0.25) is 0 Å². The zero-order valence-electron chi connectivity index (χ0n) is 11.4. The SMILES string of the molecule is CC1CN(C(=O)c2cc(Br)ccc2Br)CC1N(C)C. The fourth-order valence-corrected chi connectivity index (χ4v) is 3.40. The maximum atomic E-state index is 12.6. The molecule has 3 nitrogen and oxygen atoms in total. The average Bonchev–Trinajstić information content (AvgIpc) is 2.74. The molecule has 0 radical (unpaired) electrons. The Kier molecular flexibility index (Phi) is 4.69. The standard InChI is InChI=1S/C14H18Br2N2O/c1-9-7-18(8-13(9)17(2)3)14(19)11-6-10(15)4-5-12(11)16/h4-6,9,13H,7-8H2,1-3H3. The summed E-state index contributed by atoms with van der Waals surface area (Å²) < 4.78 is 1.78. The van der Waals surface area contributed by atoms with Gasteiger partial charge in [0.1, 0.15) is 0 Å². The minimum atomic E-state index is 0.101. The van der Waals surface area contributed by atoms with E-state index in [9.17, 15) is 4.79 Å². The number of carbonyl (C=O) groups is 1. The van der Waals surface area contributed by atoms with E-state index in [1.165, 1.54) is 0 Å². The highest BCUT2D eigenvalue weighted by molar-refractivity contribution is 9.11. The number of amides is 1. The number of benzene rings is 1. The van der Waals surface area contributed by atoms with Gasteiger partial charge in [0, 0.05) is 28.1 Å². The maximum Gasteiger partial charge on any atom is 0.255 e. The molecule has 2 atom stereocenters. The summed E-state index contributed by atoms with van der Waals surface area (Å²) in [7, 11) is 4.15. The highest BCUT2D eigenvalue weighted by atomic mass is 79.9. The Bertz CT molecular complexity index is 490. The van der Waals surface area contributed by atoms with Crippen LogP contribution in [0, 0.1) is 5.92 Å². The first-order chi connectivity index (χ1) is 8.90. The molecule has 0 aromatic heterocycles. The lowest BCUT2D eigenvalue weighted by Gasteiger charge is -2.22. The van der Waals surface area contributed by atoms with Crippen molar-refractivity contribution in [2.45, 2.75) is 13.0 Å². The number of rotatable bonds is 2. The molecule has 2 unspecified atom stereocenters. The van der Waals surface area contributed by atoms with Crippen LogP contribution in [0.4, 0.5) is 0 Å². The average molecular weight is 390 g/mol. The summed E-state index contributed by atoms with van der Waals surface area (Å²) in [6, 6.07) is 6.14. The van der Waals surface area contributed by atoms with Gasteiger partial charge in [0.15, 0.2) is 0 Å². The van der Waals surface area contributed by atoms with Gasteiger partial charge in [0.25, 0.3) is 5.91 Å². The van der Waals surface area contributed by atoms with Gasteiger partial charge in [-0.2, -0.15) is 0 Å². The Hall–Kier alpha value is -0.390. The molecule has 1 aromatic carbocycles. The van der Waals surface area contributed by atoms with E-state index in [2.05, 4.69) is 57.8 Å². The van der Waals surface area contributed by atoms with E-state index >= 15 is 0 Å². The van der Waals surface area contributed by atoms with Crippen LogP contribution >= 0.6 is 31.9 Å². The summed E-state index contributed by atoms with van der Waals surface area (Å²) in [5, 5.41) is 0. The summed E-state index contributed by atoms with van der Waals surface area (Å²) in [4.78, 5) is 16.7. The van der Waals surface area contributed by atoms with Gasteiger partial charge in [0.2, 0.25) is 0 Å². The zero-order valence-corrected chi connectivity index (χ0v) is 14.5. The van der Waals surface area contributed by atoms with E-state index in [0.717, 1.165) is 27.6 Å². The molecule has 1 fully saturated rings. The molecule has 1 aliphatic rings. The van der Waals surface area contributed by atoms with E-state index in [-0.39, 0.29) is 5.91 Å². The first kappa shape index (κ1) is 15.0. The van der Waals surface area contributed by atoms with Crippen molar-refractivity contribution in [1.29, 1.82) is 0 Å². The van der Waals surface area contributed by atoms with E-state index in [0.29, 0.717) is 12.0 Å². The molecule has 5 heteroatoms. The van der Waals surface area contributed by atoms with Gasteiger partial charge in [-0.25, -0.2) is 0 Å². The van der Waals surface area contributed by atoms with E-state index < -0.39 is 0 Å². The molecule has 104 valence electrons. The van der Waals surface area contributed by atoms with Crippen molar-refractivity contribution in [2.24, 2.45) is 5.92 Å². The number of likely N-dealkylation sites (tertiary alicyclic amines) is 1. The topological polar surface area (TPSA) is 23.6 Å². The van der Waals surface area contributed by atoms with Crippen molar-refractivity contribution >= 4 is 37.8 Å². The Morgan fingerprint density at radius 2 is 2.00 bits per heavy atom. The number of hydrogen-bond donors (Lipinski definition) is 0. The van der Waals surface area contributed by atoms with Crippen molar-refractivity contribution in [2.75, 3.05) is 27.2 Å². The van der Waals surface area contributed by atoms with Gasteiger partial charge in [-0.05, 0) is 54.1 Å². The van der Waals surface area contributed by atoms with E-state index in [1.807, 2.05) is 23.1 Å². The smallest absolute Gasteiger partial charge is 0.255 e. The number of carbonyl (C=O) groups excluding carboxylic acids is 1. The third kappa shape index (κ3) is 3.20. The molecule has 1 amide bonds. The Labute approximate surface area is 131 Å². The summed E-state index contributed by atoms with van der Waals surface area (Å²) >= 11 is 6.88. The Balaban J connectivity index is 2.19. The number of likely N-dealkylation sites (N-methyl/N-ethyl adjacent to an activating group) is 1. The molecule has 1 heterocycles. The molecule has 0 spiro atoms. The second kappa shape index (κ2) is 5.94. The highest BCUT2D eigenvalue weighted by Crippen LogP contribution is 2.26. The van der Waals surface area contributed by atoms with Crippen molar-refractivity contribution < 1.29 is 4.79 Å². The van der Waals surface area contributed by atoms with E-state index in [1.54, 1.807) is 0 Å². The van der Waals surface area contributed by atoms with Crippen molar-refractivity contribution in [3.63, 3.8) is 0 Å². The minimum absolute atomic E-state index is 0.101. The fraction of sp³-hybridized carbons (Fsp3) is 0.500. The molecule has 1 aromatic rings. The maximum absolute atomic E-state index is 12.6. The fourth-order valence-electron chi connectivity index (χ4n) is 2.62. The zero-order chi connectivity index (χ0) is 14.2. The molecular formula is C14H18Br2N2O. The number of hydrogen-bond acceptors (Lipinski definition) is 2. The first-order valence-corrected chi connectivity index (χ1v) is 7.89. The quantitative estimate of drug-likeness (QED) is 0.775. The predicted octanol–water partition coefficient (Wildman–Crippen LogP) is 3.23. The monoisotopic (exact) mass is 388 g/mol. The number of nitrogens with zero attached hydrogens (tertiary/aromatic N) is 2. The Morgan fingerprint density at radius 1 is 1.32 bits per heavy atom. The Morgan fingerprint density at radius 3 is 2.58 bits per heavy atom. The molecule has 19 heavy (non-hydrogen) atoms. The van der Waals surface area contributed by atoms with Crippen molar-refractivity contribution in [1.82, 2.24) is 9.80 Å². The molecule has 0 bridgehead atoms. The second-order valence-electron chi connectivity index (χ2n) is 5.34. The lowest BCUT2D eigenvalue weighted by atomic mass is 10.1. The molecule has 0 N–H and O–H groups in total. The third-order valence-electron chi connectivity index (χ3n) is 3.68. The minimum Gasteiger partial charge on any atom is -0.337 e. The van der Waals surface area contributed by atoms with Crippen LogP contribution in [0.1, 0.15) is 17.3 Å². The van der Waals surface area contributed by atoms with Crippen LogP contribution < -0.4 is 0 Å². The van der Waals surface area contributed by atoms with Crippen LogP contribution in [0.25, 0.3) is 0 Å². The second-order valence-corrected chi connectivity index (χ2v) is 7.11. The van der Waals surface area contributed by atoms with Gasteiger partial charge in [-0.1, -0.05) is 22.9 Å². The van der Waals surface area contributed by atoms with Crippen LogP contribution in [0.3, 0.4) is 0 Å². The summed E-state index contributed by atoms with van der Waals surface area (Å²) in [6.07, 6.45) is 0. The molecule has 2 rings (SSSR count). The van der Waals surface area contributed by atoms with Gasteiger partial charge < -0.3 is 9.80 Å². The van der Waals surface area contributed by atoms with Crippen LogP contribution in [-0.2, 0) is 0 Å². The normalized spacial score (nSPS) is 23.2. The van der Waals surface area contributed by atoms with Crippen LogP contribution in [0.15, 0.2) is 27.1 Å². The number of halogens is 2. The van der Waals surface area contributed by atoms with Gasteiger partial charge in [0.05, 0.1) is 5.56 Å². The van der Waals surface area contributed by atoms with E-state index in [4.69, 9.17) is 0 Å². The largest absolute Gasteiger partial charge is 0.337 e. The van der Waals surface area contributed by atoms with Gasteiger partial charge >= 0.3 is 0 Å². The van der Waals surface area contributed by atoms with Gasteiger partial charge in [-0.15, -0.1) is 0 Å². The summed E-state index contributed by atoms with van der Waals surface area (Å²) in [5.74, 6) is 0.606. The lowest BCUT2D eigenvalue weighted by Crippen LogP contribution is -2.35. The van der Waals surface area contributed by atoms with Crippen molar-refractivity contribution in [3.05, 3.63) is 32.7 Å². The van der Waals surface area contributed by atoms with Crippen LogP contribution in [-0.4, -0.2) is 48.9 Å². The highest BCUT2D eigenvalue weighted by Gasteiger charge is 2.34. The molecule has 0 saturated carbocycles.